The zero-order valence-electron chi connectivity index (χ0n) is 23.9. The third kappa shape index (κ3) is 6.59. The van der Waals surface area contributed by atoms with Crippen molar-refractivity contribution in [1.29, 1.82) is 0 Å². The van der Waals surface area contributed by atoms with E-state index in [0.717, 1.165) is 29.6 Å². The predicted molar refractivity (Wildman–Crippen MR) is 154 cm³/mol. The highest BCUT2D eigenvalue weighted by Crippen LogP contribution is 2.35. The number of anilines is 1. The van der Waals surface area contributed by atoms with Gasteiger partial charge in [-0.2, -0.15) is 0 Å². The van der Waals surface area contributed by atoms with Crippen LogP contribution in [0.2, 0.25) is 0 Å². The van der Waals surface area contributed by atoms with Crippen molar-refractivity contribution in [3.63, 3.8) is 0 Å². The van der Waals surface area contributed by atoms with Gasteiger partial charge in [-0.1, -0.05) is 19.1 Å². The molecule has 1 aliphatic carbocycles. The van der Waals surface area contributed by atoms with Gasteiger partial charge in [0, 0.05) is 44.3 Å². The van der Waals surface area contributed by atoms with Crippen LogP contribution in [-0.2, 0) is 4.79 Å². The fraction of sp³-hybridized carbons (Fsp3) is 0.781. The summed E-state index contributed by atoms with van der Waals surface area (Å²) in [6.45, 7) is 11.6. The number of nitrogens with one attached hydrogen (secondary N) is 1. The first-order valence-corrected chi connectivity index (χ1v) is 15.6. The van der Waals surface area contributed by atoms with Gasteiger partial charge in [0.1, 0.15) is 0 Å². The predicted octanol–water partition coefficient (Wildman–Crippen LogP) is 5.57. The number of benzene rings is 1. The third-order valence-electron chi connectivity index (χ3n) is 10.4. The number of hydrogen-bond donors (Lipinski definition) is 1. The quantitative estimate of drug-likeness (QED) is 0.473. The van der Waals surface area contributed by atoms with Crippen molar-refractivity contribution in [2.45, 2.75) is 102 Å². The summed E-state index contributed by atoms with van der Waals surface area (Å²) in [5.74, 6) is 2.60. The van der Waals surface area contributed by atoms with Gasteiger partial charge in [0.25, 0.3) is 0 Å². The first kappa shape index (κ1) is 27.1. The molecule has 2 unspecified atom stereocenters. The Labute approximate surface area is 226 Å². The Morgan fingerprint density at radius 2 is 1.70 bits per heavy atom. The van der Waals surface area contributed by atoms with E-state index in [9.17, 15) is 4.79 Å². The van der Waals surface area contributed by atoms with Gasteiger partial charge in [-0.25, -0.2) is 0 Å². The van der Waals surface area contributed by atoms with Crippen LogP contribution in [0.5, 0.6) is 0 Å². The van der Waals surface area contributed by atoms with E-state index >= 15 is 0 Å². The number of rotatable bonds is 9. The molecule has 4 fully saturated rings. The average molecular weight is 509 g/mol. The van der Waals surface area contributed by atoms with Crippen LogP contribution in [0, 0.1) is 18.8 Å². The van der Waals surface area contributed by atoms with Gasteiger partial charge in [-0.15, -0.1) is 0 Å². The summed E-state index contributed by atoms with van der Waals surface area (Å²) < 4.78 is 0. The lowest BCUT2D eigenvalue weighted by Crippen LogP contribution is -2.41. The van der Waals surface area contributed by atoms with E-state index in [0.29, 0.717) is 12.3 Å². The van der Waals surface area contributed by atoms with Crippen molar-refractivity contribution in [2.24, 2.45) is 11.8 Å². The molecule has 1 aromatic carbocycles. The number of carbonyl (C=O) groups excluding carboxylic acids is 1. The molecule has 4 aliphatic rings. The summed E-state index contributed by atoms with van der Waals surface area (Å²) in [5.41, 5.74) is 3.69. The molecule has 5 rings (SSSR count). The molecule has 2 atom stereocenters. The number of nitrogens with zero attached hydrogens (tertiary/aromatic N) is 3. The standard InChI is InChI=1S/C32H52N4O/c1-4-32(37)34(3)31-20-28(12-7-24(31)2)27-15-18-35(19-16-27)23-26-10-8-25(9-11-26)21-33-22-30-14-13-29-6-5-17-36(29)30/h7,12,20,25-27,29-30,33H,4-6,8-11,13-19,21-23H2,1-3H3. The Morgan fingerprint density at radius 1 is 0.946 bits per heavy atom. The number of hydrogen-bond acceptors (Lipinski definition) is 4. The van der Waals surface area contributed by atoms with Crippen molar-refractivity contribution in [2.75, 3.05) is 51.2 Å². The summed E-state index contributed by atoms with van der Waals surface area (Å²) >= 11 is 0. The monoisotopic (exact) mass is 508 g/mol. The summed E-state index contributed by atoms with van der Waals surface area (Å²) in [5, 5.41) is 3.88. The van der Waals surface area contributed by atoms with E-state index in [2.05, 4.69) is 40.2 Å². The lowest BCUT2D eigenvalue weighted by Gasteiger charge is -2.37. The van der Waals surface area contributed by atoms with Gasteiger partial charge in [-0.3, -0.25) is 9.69 Å². The van der Waals surface area contributed by atoms with E-state index < -0.39 is 0 Å². The number of carbonyl (C=O) groups is 1. The molecule has 1 saturated carbocycles. The molecule has 3 saturated heterocycles. The van der Waals surface area contributed by atoms with E-state index in [1.165, 1.54) is 115 Å². The molecule has 1 N–H and O–H groups in total. The molecule has 206 valence electrons. The third-order valence-corrected chi connectivity index (χ3v) is 10.4. The molecule has 1 aromatic rings. The van der Waals surface area contributed by atoms with Gasteiger partial charge >= 0.3 is 0 Å². The van der Waals surface area contributed by atoms with Crippen molar-refractivity contribution in [3.8, 4) is 0 Å². The molecule has 37 heavy (non-hydrogen) atoms. The Hall–Kier alpha value is -1.43. The van der Waals surface area contributed by atoms with Crippen molar-refractivity contribution in [3.05, 3.63) is 29.3 Å². The van der Waals surface area contributed by atoms with Crippen molar-refractivity contribution >= 4 is 11.6 Å². The fourth-order valence-corrected chi connectivity index (χ4v) is 7.92. The summed E-state index contributed by atoms with van der Waals surface area (Å²) in [6.07, 6.45) is 14.4. The summed E-state index contributed by atoms with van der Waals surface area (Å²) in [4.78, 5) is 19.7. The van der Waals surface area contributed by atoms with Crippen LogP contribution in [0.1, 0.15) is 94.6 Å². The highest BCUT2D eigenvalue weighted by molar-refractivity contribution is 5.93. The Kier molecular flexibility index (Phi) is 9.26. The minimum absolute atomic E-state index is 0.189. The second kappa shape index (κ2) is 12.6. The molecule has 5 heteroatoms. The van der Waals surface area contributed by atoms with E-state index in [1.54, 1.807) is 0 Å². The Bertz CT molecular complexity index is 887. The van der Waals surface area contributed by atoms with E-state index in [4.69, 9.17) is 0 Å². The second-order valence-corrected chi connectivity index (χ2v) is 12.7. The molecule has 3 aliphatic heterocycles. The number of amides is 1. The highest BCUT2D eigenvalue weighted by Gasteiger charge is 2.36. The van der Waals surface area contributed by atoms with Gasteiger partial charge < -0.3 is 15.1 Å². The Morgan fingerprint density at radius 3 is 2.46 bits per heavy atom. The lowest BCUT2D eigenvalue weighted by atomic mass is 9.81. The molecular formula is C32H52N4O. The maximum atomic E-state index is 12.3. The van der Waals surface area contributed by atoms with Gasteiger partial charge in [0.2, 0.25) is 5.91 Å². The van der Waals surface area contributed by atoms with Crippen LogP contribution in [0.15, 0.2) is 18.2 Å². The number of fused-ring (bicyclic) bond motifs is 1. The first-order chi connectivity index (χ1) is 18.0. The molecular weight excluding hydrogens is 456 g/mol. The van der Waals surface area contributed by atoms with E-state index in [1.807, 2.05) is 18.9 Å². The van der Waals surface area contributed by atoms with Crippen LogP contribution < -0.4 is 10.2 Å². The molecule has 1 amide bonds. The maximum absolute atomic E-state index is 12.3. The topological polar surface area (TPSA) is 38.8 Å². The first-order valence-electron chi connectivity index (χ1n) is 15.6. The normalized spacial score (nSPS) is 29.5. The van der Waals surface area contributed by atoms with E-state index in [-0.39, 0.29) is 5.91 Å². The molecule has 0 aromatic heterocycles. The van der Waals surface area contributed by atoms with Crippen LogP contribution in [-0.4, -0.2) is 74.1 Å². The zero-order valence-corrected chi connectivity index (χ0v) is 23.9. The molecule has 5 nitrogen and oxygen atoms in total. The number of piperidine rings is 1. The smallest absolute Gasteiger partial charge is 0.226 e. The number of likely N-dealkylation sites (tertiary alicyclic amines) is 1. The SMILES string of the molecule is CCC(=O)N(C)c1cc(C2CCN(CC3CCC(CNCC4CCC5CCCN54)CC3)CC2)ccc1C. The fourth-order valence-electron chi connectivity index (χ4n) is 7.92. The summed E-state index contributed by atoms with van der Waals surface area (Å²) in [7, 11) is 1.92. The maximum Gasteiger partial charge on any atom is 0.226 e. The highest BCUT2D eigenvalue weighted by atomic mass is 16.2. The van der Waals surface area contributed by atoms with Gasteiger partial charge in [0.15, 0.2) is 0 Å². The minimum Gasteiger partial charge on any atom is -0.315 e. The number of aryl methyl sites for hydroxylation is 1. The van der Waals surface area contributed by atoms with Crippen LogP contribution >= 0.6 is 0 Å². The van der Waals surface area contributed by atoms with Gasteiger partial charge in [-0.05, 0) is 132 Å². The molecule has 0 bridgehead atoms. The van der Waals surface area contributed by atoms with Crippen molar-refractivity contribution in [1.82, 2.24) is 15.1 Å². The Balaban J connectivity index is 1.00. The second-order valence-electron chi connectivity index (χ2n) is 12.7. The van der Waals surface area contributed by atoms with Crippen LogP contribution in [0.4, 0.5) is 5.69 Å². The molecule has 3 heterocycles. The van der Waals surface area contributed by atoms with Crippen molar-refractivity contribution < 1.29 is 4.79 Å². The van der Waals surface area contributed by atoms with Crippen LogP contribution in [0.3, 0.4) is 0 Å². The summed E-state index contributed by atoms with van der Waals surface area (Å²) in [6, 6.07) is 8.53. The average Bonchev–Trinajstić information content (AvgIpc) is 3.55. The lowest BCUT2D eigenvalue weighted by molar-refractivity contribution is -0.118. The molecule has 0 radical (unpaired) electrons. The zero-order chi connectivity index (χ0) is 25.8. The van der Waals surface area contributed by atoms with Gasteiger partial charge in [0.05, 0.1) is 0 Å². The van der Waals surface area contributed by atoms with Crippen LogP contribution in [0.25, 0.3) is 0 Å². The minimum atomic E-state index is 0.189. The molecule has 0 spiro atoms. The largest absolute Gasteiger partial charge is 0.315 e.